The van der Waals surface area contributed by atoms with Gasteiger partial charge in [0.05, 0.1) is 0 Å². The average molecular weight is 191 g/mol. The molecular formula is C9H13N5. The standard InChI is InChI=1S/C9H13N5/c1-2-7-5-11-9-13-12-8(3-4-10)14(9)6-7/h5-6H,2-4,10H2,1H3. The third-order valence-electron chi connectivity index (χ3n) is 2.17. The van der Waals surface area contributed by atoms with E-state index in [-0.39, 0.29) is 0 Å². The summed E-state index contributed by atoms with van der Waals surface area (Å²) in [5, 5.41) is 7.99. The zero-order valence-corrected chi connectivity index (χ0v) is 8.14. The Kier molecular flexibility index (Phi) is 2.41. The summed E-state index contributed by atoms with van der Waals surface area (Å²) in [4.78, 5) is 4.20. The van der Waals surface area contributed by atoms with Gasteiger partial charge in [0.2, 0.25) is 0 Å². The summed E-state index contributed by atoms with van der Waals surface area (Å²) in [6, 6.07) is 0. The average Bonchev–Trinajstić information content (AvgIpc) is 2.61. The lowest BCUT2D eigenvalue weighted by Gasteiger charge is -1.99. The number of nitrogens with zero attached hydrogens (tertiary/aromatic N) is 4. The topological polar surface area (TPSA) is 69.1 Å². The fraction of sp³-hybridized carbons (Fsp3) is 0.444. The van der Waals surface area contributed by atoms with Gasteiger partial charge in [0, 0.05) is 18.8 Å². The summed E-state index contributed by atoms with van der Waals surface area (Å²) in [7, 11) is 0. The number of hydrogen-bond donors (Lipinski definition) is 1. The summed E-state index contributed by atoms with van der Waals surface area (Å²) in [5.41, 5.74) is 6.66. The van der Waals surface area contributed by atoms with E-state index in [2.05, 4.69) is 22.1 Å². The van der Waals surface area contributed by atoms with E-state index in [4.69, 9.17) is 5.73 Å². The molecule has 0 unspecified atom stereocenters. The van der Waals surface area contributed by atoms with Crippen LogP contribution in [0.15, 0.2) is 12.4 Å². The minimum atomic E-state index is 0.581. The maximum Gasteiger partial charge on any atom is 0.254 e. The molecule has 0 saturated heterocycles. The normalized spacial score (nSPS) is 11.0. The van der Waals surface area contributed by atoms with Crippen LogP contribution in [-0.4, -0.2) is 26.1 Å². The smallest absolute Gasteiger partial charge is 0.254 e. The number of aryl methyl sites for hydroxylation is 1. The first-order chi connectivity index (χ1) is 6.85. The molecule has 0 amide bonds. The predicted octanol–water partition coefficient (Wildman–Crippen LogP) is 0.188. The van der Waals surface area contributed by atoms with Crippen molar-refractivity contribution in [1.29, 1.82) is 0 Å². The zero-order valence-electron chi connectivity index (χ0n) is 8.14. The molecule has 2 aromatic heterocycles. The second-order valence-electron chi connectivity index (χ2n) is 3.14. The van der Waals surface area contributed by atoms with Crippen molar-refractivity contribution >= 4 is 5.78 Å². The van der Waals surface area contributed by atoms with E-state index < -0.39 is 0 Å². The molecule has 0 aliphatic rings. The van der Waals surface area contributed by atoms with Gasteiger partial charge in [-0.1, -0.05) is 6.92 Å². The van der Waals surface area contributed by atoms with Gasteiger partial charge in [-0.15, -0.1) is 10.2 Å². The van der Waals surface area contributed by atoms with Crippen LogP contribution < -0.4 is 5.73 Å². The van der Waals surface area contributed by atoms with Crippen LogP contribution in [0.4, 0.5) is 0 Å². The maximum absolute atomic E-state index is 5.48. The Morgan fingerprint density at radius 3 is 3.00 bits per heavy atom. The quantitative estimate of drug-likeness (QED) is 0.751. The van der Waals surface area contributed by atoms with Crippen LogP contribution in [0.2, 0.25) is 0 Å². The van der Waals surface area contributed by atoms with Gasteiger partial charge < -0.3 is 5.73 Å². The lowest BCUT2D eigenvalue weighted by Crippen LogP contribution is -2.06. The third-order valence-corrected chi connectivity index (χ3v) is 2.17. The number of hydrogen-bond acceptors (Lipinski definition) is 4. The molecule has 74 valence electrons. The fourth-order valence-electron chi connectivity index (χ4n) is 1.36. The van der Waals surface area contributed by atoms with Gasteiger partial charge in [-0.25, -0.2) is 4.98 Å². The van der Waals surface area contributed by atoms with Crippen LogP contribution in [0.1, 0.15) is 18.3 Å². The lowest BCUT2D eigenvalue weighted by atomic mass is 10.3. The molecule has 0 aliphatic carbocycles. The largest absolute Gasteiger partial charge is 0.330 e. The van der Waals surface area contributed by atoms with Crippen LogP contribution in [0.5, 0.6) is 0 Å². The molecule has 2 rings (SSSR count). The molecule has 0 spiro atoms. The van der Waals surface area contributed by atoms with Gasteiger partial charge in [-0.2, -0.15) is 0 Å². The van der Waals surface area contributed by atoms with Crippen molar-refractivity contribution in [3.8, 4) is 0 Å². The Morgan fingerprint density at radius 1 is 1.43 bits per heavy atom. The number of nitrogens with two attached hydrogens (primary N) is 1. The Bertz CT molecular complexity index is 434. The van der Waals surface area contributed by atoms with Crippen molar-refractivity contribution in [1.82, 2.24) is 19.6 Å². The summed E-state index contributed by atoms with van der Waals surface area (Å²) in [5.74, 6) is 1.52. The first kappa shape index (κ1) is 9.08. The predicted molar refractivity (Wildman–Crippen MR) is 52.9 cm³/mol. The van der Waals surface area contributed by atoms with E-state index >= 15 is 0 Å². The van der Waals surface area contributed by atoms with Crippen LogP contribution in [-0.2, 0) is 12.8 Å². The summed E-state index contributed by atoms with van der Waals surface area (Å²) < 4.78 is 1.91. The summed E-state index contributed by atoms with van der Waals surface area (Å²) in [6.07, 6.45) is 5.54. The van der Waals surface area contributed by atoms with Crippen LogP contribution >= 0.6 is 0 Å². The van der Waals surface area contributed by atoms with E-state index in [9.17, 15) is 0 Å². The molecule has 0 aromatic carbocycles. The minimum absolute atomic E-state index is 0.581. The Morgan fingerprint density at radius 2 is 2.29 bits per heavy atom. The molecule has 5 nitrogen and oxygen atoms in total. The first-order valence-corrected chi connectivity index (χ1v) is 4.73. The highest BCUT2D eigenvalue weighted by molar-refractivity contribution is 5.29. The van der Waals surface area contributed by atoms with Crippen LogP contribution in [0.3, 0.4) is 0 Å². The number of rotatable bonds is 3. The zero-order chi connectivity index (χ0) is 9.97. The van der Waals surface area contributed by atoms with Crippen LogP contribution in [0, 0.1) is 0 Å². The van der Waals surface area contributed by atoms with E-state index in [0.29, 0.717) is 12.3 Å². The highest BCUT2D eigenvalue weighted by Gasteiger charge is 2.05. The monoisotopic (exact) mass is 191 g/mol. The Labute approximate surface area is 82.0 Å². The second-order valence-corrected chi connectivity index (χ2v) is 3.14. The van der Waals surface area contributed by atoms with Crippen molar-refractivity contribution in [2.45, 2.75) is 19.8 Å². The fourth-order valence-corrected chi connectivity index (χ4v) is 1.36. The van der Waals surface area contributed by atoms with Crippen LogP contribution in [0.25, 0.3) is 5.78 Å². The highest BCUT2D eigenvalue weighted by atomic mass is 15.3. The Hall–Kier alpha value is -1.49. The van der Waals surface area contributed by atoms with Gasteiger partial charge in [-0.05, 0) is 18.5 Å². The molecule has 0 bridgehead atoms. The van der Waals surface area contributed by atoms with E-state index in [1.807, 2.05) is 16.8 Å². The molecule has 2 N–H and O–H groups in total. The molecule has 0 aliphatic heterocycles. The van der Waals surface area contributed by atoms with Gasteiger partial charge in [0.15, 0.2) is 0 Å². The van der Waals surface area contributed by atoms with Crippen molar-refractivity contribution in [2.24, 2.45) is 5.73 Å². The SMILES string of the molecule is CCc1cnc2nnc(CCN)n2c1. The van der Waals surface area contributed by atoms with Gasteiger partial charge in [0.1, 0.15) is 5.82 Å². The van der Waals surface area contributed by atoms with E-state index in [1.165, 1.54) is 5.56 Å². The molecule has 0 atom stereocenters. The molecule has 0 radical (unpaired) electrons. The molecule has 5 heteroatoms. The summed E-state index contributed by atoms with van der Waals surface area (Å²) in [6.45, 7) is 2.67. The highest BCUT2D eigenvalue weighted by Crippen LogP contribution is 2.04. The van der Waals surface area contributed by atoms with Crippen molar-refractivity contribution < 1.29 is 0 Å². The van der Waals surface area contributed by atoms with Gasteiger partial charge >= 0.3 is 0 Å². The number of fused-ring (bicyclic) bond motifs is 1. The molecule has 14 heavy (non-hydrogen) atoms. The first-order valence-electron chi connectivity index (χ1n) is 4.73. The molecular weight excluding hydrogens is 178 g/mol. The molecule has 2 aromatic rings. The van der Waals surface area contributed by atoms with E-state index in [1.54, 1.807) is 0 Å². The van der Waals surface area contributed by atoms with E-state index in [0.717, 1.165) is 18.7 Å². The van der Waals surface area contributed by atoms with Crippen molar-refractivity contribution in [2.75, 3.05) is 6.54 Å². The van der Waals surface area contributed by atoms with Gasteiger partial charge in [0.25, 0.3) is 5.78 Å². The summed E-state index contributed by atoms with van der Waals surface area (Å²) >= 11 is 0. The van der Waals surface area contributed by atoms with Crippen molar-refractivity contribution in [3.63, 3.8) is 0 Å². The second kappa shape index (κ2) is 3.71. The molecule has 0 saturated carbocycles. The minimum Gasteiger partial charge on any atom is -0.330 e. The van der Waals surface area contributed by atoms with Gasteiger partial charge in [-0.3, -0.25) is 4.40 Å². The maximum atomic E-state index is 5.48. The Balaban J connectivity index is 2.52. The third kappa shape index (κ3) is 1.46. The van der Waals surface area contributed by atoms with Crippen molar-refractivity contribution in [3.05, 3.63) is 23.8 Å². The number of aromatic nitrogens is 4. The molecule has 2 heterocycles. The molecule has 0 fully saturated rings. The lowest BCUT2D eigenvalue weighted by molar-refractivity contribution is 0.842.